The normalized spacial score (nSPS) is 45.6. The Balaban J connectivity index is 1.79. The summed E-state index contributed by atoms with van der Waals surface area (Å²) in [7, 11) is 0. The summed E-state index contributed by atoms with van der Waals surface area (Å²) in [6.07, 6.45) is 3.86. The molecule has 7 heteroatoms. The van der Waals surface area contributed by atoms with Crippen molar-refractivity contribution in [1.82, 2.24) is 0 Å². The number of aliphatic hydroxyl groups is 2. The maximum absolute atomic E-state index is 17.3. The minimum absolute atomic E-state index is 0.00528. The van der Waals surface area contributed by atoms with Gasteiger partial charge in [-0.15, -0.1) is 0 Å². The number of hydrogen-bond donors (Lipinski definition) is 2. The molecule has 0 aromatic carbocycles. The molecular weight excluding hydrogens is 439 g/mol. The number of rotatable bonds is 6. The van der Waals surface area contributed by atoms with Crippen molar-refractivity contribution < 1.29 is 33.7 Å². The van der Waals surface area contributed by atoms with Crippen LogP contribution < -0.4 is 0 Å². The molecule has 0 saturated heterocycles. The van der Waals surface area contributed by atoms with Crippen molar-refractivity contribution in [2.45, 2.75) is 103 Å². The number of aliphatic hydroxyl groups excluding tert-OH is 2. The number of Topliss-reactive ketones (excluding diaryl/α,β-unsaturated/α-hetero) is 1. The number of ether oxygens (including phenoxy) is 1. The standard InChI is InChI=1S/C27H39FO6/c1-5-6-7-23(33)34-27(22(32)15-29)16(2)12-20-19-9-8-17-13-18(30)10-11-24(17,3)26(19,28)21(31)14-25(20,27)4/h13,16,19-21,29,31H,5-12,14-15H2,1-4H3/t16-,19-,20-,21-,24-,25-,26-,27-/m0/s1. The van der Waals surface area contributed by atoms with E-state index in [-0.39, 0.29) is 31.0 Å². The number of hydrogen-bond acceptors (Lipinski definition) is 6. The quantitative estimate of drug-likeness (QED) is 0.562. The van der Waals surface area contributed by atoms with Crippen LogP contribution >= 0.6 is 0 Å². The number of alkyl halides is 1. The Morgan fingerprint density at radius 3 is 2.59 bits per heavy atom. The lowest BCUT2D eigenvalue weighted by Crippen LogP contribution is -2.70. The molecule has 0 unspecified atom stereocenters. The fourth-order valence-corrected chi connectivity index (χ4v) is 8.43. The summed E-state index contributed by atoms with van der Waals surface area (Å²) in [6.45, 7) is 6.69. The predicted molar refractivity (Wildman–Crippen MR) is 123 cm³/mol. The number of esters is 1. The second-order valence-electron chi connectivity index (χ2n) is 11.7. The first-order valence-electron chi connectivity index (χ1n) is 12.9. The molecule has 0 spiro atoms. The molecule has 3 saturated carbocycles. The molecule has 0 bridgehead atoms. The number of allylic oxidation sites excluding steroid dienone is 1. The lowest BCUT2D eigenvalue weighted by molar-refractivity contribution is -0.235. The molecule has 8 atom stereocenters. The van der Waals surface area contributed by atoms with Gasteiger partial charge >= 0.3 is 5.97 Å². The maximum Gasteiger partial charge on any atom is 0.306 e. The average Bonchev–Trinajstić information content (AvgIpc) is 3.00. The van der Waals surface area contributed by atoms with Crippen molar-refractivity contribution in [3.8, 4) is 0 Å². The van der Waals surface area contributed by atoms with E-state index in [1.807, 2.05) is 27.7 Å². The number of carbonyl (C=O) groups excluding carboxylic acids is 3. The number of carbonyl (C=O) groups is 3. The SMILES string of the molecule is CCCCC(=O)O[C@]1(C(=O)CO)[C@@H](C)C[C@H]2[C@@H]3CCC4=CC(=O)CC[C@]4(C)[C@@]3(F)[C@@H](O)C[C@@]21C. The van der Waals surface area contributed by atoms with Crippen molar-refractivity contribution in [1.29, 1.82) is 0 Å². The van der Waals surface area contributed by atoms with Gasteiger partial charge in [0, 0.05) is 35.5 Å². The Morgan fingerprint density at radius 1 is 1.24 bits per heavy atom. The molecule has 3 fully saturated rings. The molecule has 6 nitrogen and oxygen atoms in total. The highest BCUT2D eigenvalue weighted by atomic mass is 19.1. The third-order valence-electron chi connectivity index (χ3n) is 10.1. The molecule has 0 radical (unpaired) electrons. The van der Waals surface area contributed by atoms with Gasteiger partial charge in [0.2, 0.25) is 5.78 Å². The van der Waals surface area contributed by atoms with Gasteiger partial charge in [-0.25, -0.2) is 4.39 Å². The van der Waals surface area contributed by atoms with Gasteiger partial charge in [-0.2, -0.15) is 0 Å². The molecule has 0 aliphatic heterocycles. The molecule has 4 aliphatic carbocycles. The first-order valence-corrected chi connectivity index (χ1v) is 12.9. The van der Waals surface area contributed by atoms with Crippen LogP contribution in [-0.2, 0) is 19.1 Å². The summed E-state index contributed by atoms with van der Waals surface area (Å²) in [6, 6.07) is 0. The zero-order valence-electron chi connectivity index (χ0n) is 20.9. The van der Waals surface area contributed by atoms with Crippen molar-refractivity contribution in [3.05, 3.63) is 11.6 Å². The van der Waals surface area contributed by atoms with Gasteiger partial charge in [0.15, 0.2) is 11.4 Å². The molecule has 34 heavy (non-hydrogen) atoms. The van der Waals surface area contributed by atoms with Gasteiger partial charge in [-0.05, 0) is 50.5 Å². The lowest BCUT2D eigenvalue weighted by atomic mass is 9.43. The Hall–Kier alpha value is -1.60. The lowest BCUT2D eigenvalue weighted by Gasteiger charge is -2.63. The van der Waals surface area contributed by atoms with E-state index in [2.05, 4.69) is 0 Å². The molecule has 0 amide bonds. The van der Waals surface area contributed by atoms with Crippen LogP contribution in [0.3, 0.4) is 0 Å². The van der Waals surface area contributed by atoms with Crippen LogP contribution in [0.25, 0.3) is 0 Å². The van der Waals surface area contributed by atoms with Crippen LogP contribution in [0.2, 0.25) is 0 Å². The summed E-state index contributed by atoms with van der Waals surface area (Å²) < 4.78 is 23.3. The fourth-order valence-electron chi connectivity index (χ4n) is 8.43. The van der Waals surface area contributed by atoms with E-state index in [9.17, 15) is 24.6 Å². The summed E-state index contributed by atoms with van der Waals surface area (Å²) >= 11 is 0. The molecule has 190 valence electrons. The minimum Gasteiger partial charge on any atom is -0.450 e. The third kappa shape index (κ3) is 3.15. The van der Waals surface area contributed by atoms with E-state index >= 15 is 4.39 Å². The van der Waals surface area contributed by atoms with Gasteiger partial charge in [-0.3, -0.25) is 14.4 Å². The first-order chi connectivity index (χ1) is 15.9. The predicted octanol–water partition coefficient (Wildman–Crippen LogP) is 3.86. The fraction of sp³-hybridized carbons (Fsp3) is 0.815. The zero-order valence-corrected chi connectivity index (χ0v) is 20.9. The first kappa shape index (κ1) is 25.5. The van der Waals surface area contributed by atoms with Crippen LogP contribution in [0.15, 0.2) is 11.6 Å². The van der Waals surface area contributed by atoms with E-state index in [1.165, 1.54) is 0 Å². The van der Waals surface area contributed by atoms with Gasteiger partial charge in [0.05, 0.1) is 6.10 Å². The highest BCUT2D eigenvalue weighted by molar-refractivity contribution is 5.93. The highest BCUT2D eigenvalue weighted by Gasteiger charge is 2.77. The van der Waals surface area contributed by atoms with Crippen molar-refractivity contribution in [2.24, 2.45) is 28.6 Å². The van der Waals surface area contributed by atoms with Gasteiger partial charge in [0.25, 0.3) is 0 Å². The summed E-state index contributed by atoms with van der Waals surface area (Å²) in [5.41, 5.74) is -4.71. The Bertz CT molecular complexity index is 915. The molecule has 4 rings (SSSR count). The zero-order chi connectivity index (χ0) is 25.1. The second kappa shape index (κ2) is 8.51. The highest BCUT2D eigenvalue weighted by Crippen LogP contribution is 2.71. The van der Waals surface area contributed by atoms with Crippen LogP contribution in [0.1, 0.15) is 85.5 Å². The summed E-state index contributed by atoms with van der Waals surface area (Å²) in [5, 5.41) is 21.4. The van der Waals surface area contributed by atoms with Crippen LogP contribution in [0.4, 0.5) is 4.39 Å². The monoisotopic (exact) mass is 478 g/mol. The Morgan fingerprint density at radius 2 is 1.94 bits per heavy atom. The van der Waals surface area contributed by atoms with E-state index in [0.29, 0.717) is 32.1 Å². The number of fused-ring (bicyclic) bond motifs is 5. The van der Waals surface area contributed by atoms with Gasteiger partial charge < -0.3 is 14.9 Å². The number of unbranched alkanes of at least 4 members (excludes halogenated alkanes) is 1. The minimum atomic E-state index is -1.94. The smallest absolute Gasteiger partial charge is 0.306 e. The van der Waals surface area contributed by atoms with E-state index in [0.717, 1.165) is 12.0 Å². The molecule has 0 aromatic heterocycles. The van der Waals surface area contributed by atoms with E-state index in [1.54, 1.807) is 6.08 Å². The average molecular weight is 479 g/mol. The third-order valence-corrected chi connectivity index (χ3v) is 10.1. The summed E-state index contributed by atoms with van der Waals surface area (Å²) in [5.74, 6) is -2.32. The Labute approximate surface area is 201 Å². The van der Waals surface area contributed by atoms with Crippen LogP contribution in [-0.4, -0.2) is 51.7 Å². The molecule has 0 aromatic rings. The number of halogens is 1. The Kier molecular flexibility index (Phi) is 6.38. The van der Waals surface area contributed by atoms with Crippen molar-refractivity contribution in [2.75, 3.05) is 6.61 Å². The van der Waals surface area contributed by atoms with E-state index < -0.39 is 58.4 Å². The second-order valence-corrected chi connectivity index (χ2v) is 11.7. The number of ketones is 2. The molecular formula is C27H39FO6. The molecule has 4 aliphatic rings. The van der Waals surface area contributed by atoms with Crippen molar-refractivity contribution >= 4 is 17.5 Å². The van der Waals surface area contributed by atoms with Crippen LogP contribution in [0.5, 0.6) is 0 Å². The van der Waals surface area contributed by atoms with E-state index in [4.69, 9.17) is 4.74 Å². The molecule has 2 N–H and O–H groups in total. The maximum atomic E-state index is 17.3. The largest absolute Gasteiger partial charge is 0.450 e. The molecule has 0 heterocycles. The van der Waals surface area contributed by atoms with Crippen molar-refractivity contribution in [3.63, 3.8) is 0 Å². The topological polar surface area (TPSA) is 101 Å². The summed E-state index contributed by atoms with van der Waals surface area (Å²) in [4.78, 5) is 38.2. The van der Waals surface area contributed by atoms with Crippen LogP contribution in [0, 0.1) is 28.6 Å². The van der Waals surface area contributed by atoms with Gasteiger partial charge in [-0.1, -0.05) is 39.7 Å². The van der Waals surface area contributed by atoms with Gasteiger partial charge in [0.1, 0.15) is 12.3 Å².